The first-order chi connectivity index (χ1) is 16.0. The molecule has 1 amide bonds. The van der Waals surface area contributed by atoms with E-state index in [1.165, 1.54) is 0 Å². The lowest BCUT2D eigenvalue weighted by molar-refractivity contribution is -0.140. The fourth-order valence-electron chi connectivity index (χ4n) is 4.12. The van der Waals surface area contributed by atoms with Gasteiger partial charge in [-0.25, -0.2) is 0 Å². The summed E-state index contributed by atoms with van der Waals surface area (Å²) < 4.78 is 5.78. The molecular weight excluding hydrogens is 418 g/mol. The van der Waals surface area contributed by atoms with Gasteiger partial charge in [0.15, 0.2) is 0 Å². The minimum atomic E-state index is -0.681. The first-order valence-electron chi connectivity index (χ1n) is 11.7. The number of rotatable bonds is 11. The number of ketones is 1. The highest BCUT2D eigenvalue weighted by atomic mass is 16.5. The third-order valence-corrected chi connectivity index (χ3v) is 5.91. The lowest BCUT2D eigenvalue weighted by Gasteiger charge is -2.27. The summed E-state index contributed by atoms with van der Waals surface area (Å²) in [6, 6.07) is 10.00. The van der Waals surface area contributed by atoms with Gasteiger partial charge in [-0.05, 0) is 62.3 Å². The zero-order chi connectivity index (χ0) is 23.8. The SMILES string of the molecule is CCCOc1cccc(C2/C(=C(\O)c3ccncc3)C(=O)C(=O)N2CCCN(CC)CC)c1. The summed E-state index contributed by atoms with van der Waals surface area (Å²) in [6.45, 7) is 9.91. The molecule has 1 saturated heterocycles. The Hall–Kier alpha value is -3.19. The number of Topliss-reactive ketones (excluding diaryl/α,β-unsaturated/α-hetero) is 1. The Labute approximate surface area is 195 Å². The number of carbonyl (C=O) groups excluding carboxylic acids is 2. The van der Waals surface area contributed by atoms with Gasteiger partial charge in [0.1, 0.15) is 11.5 Å². The van der Waals surface area contributed by atoms with Crippen molar-refractivity contribution in [2.45, 2.75) is 39.7 Å². The Morgan fingerprint density at radius 2 is 1.85 bits per heavy atom. The summed E-state index contributed by atoms with van der Waals surface area (Å²) in [5, 5.41) is 11.1. The van der Waals surface area contributed by atoms with E-state index >= 15 is 0 Å². The molecule has 0 aliphatic carbocycles. The number of likely N-dealkylation sites (tertiary alicyclic amines) is 1. The number of aliphatic hydroxyl groups excluding tert-OH is 1. The molecule has 0 spiro atoms. The van der Waals surface area contributed by atoms with Crippen LogP contribution in [0.1, 0.15) is 50.8 Å². The number of aromatic nitrogens is 1. The van der Waals surface area contributed by atoms with Crippen LogP contribution < -0.4 is 4.74 Å². The first kappa shape index (κ1) is 24.5. The minimum Gasteiger partial charge on any atom is -0.507 e. The molecular formula is C26H33N3O4. The molecule has 1 aliphatic rings. The van der Waals surface area contributed by atoms with Crippen LogP contribution in [0, 0.1) is 0 Å². The topological polar surface area (TPSA) is 83.0 Å². The second-order valence-electron chi connectivity index (χ2n) is 8.03. The third kappa shape index (κ3) is 5.60. The van der Waals surface area contributed by atoms with E-state index in [2.05, 4.69) is 23.7 Å². The van der Waals surface area contributed by atoms with Crippen LogP contribution in [0.2, 0.25) is 0 Å². The van der Waals surface area contributed by atoms with Crippen molar-refractivity contribution < 1.29 is 19.4 Å². The molecule has 3 rings (SSSR count). The van der Waals surface area contributed by atoms with E-state index in [-0.39, 0.29) is 11.3 Å². The quantitative estimate of drug-likeness (QED) is 0.316. The maximum Gasteiger partial charge on any atom is 0.295 e. The van der Waals surface area contributed by atoms with Crippen molar-refractivity contribution in [3.63, 3.8) is 0 Å². The van der Waals surface area contributed by atoms with E-state index in [0.717, 1.165) is 38.0 Å². The number of pyridine rings is 1. The first-order valence-corrected chi connectivity index (χ1v) is 11.7. The number of aliphatic hydroxyl groups is 1. The average Bonchev–Trinajstić information content (AvgIpc) is 3.10. The van der Waals surface area contributed by atoms with E-state index in [1.807, 2.05) is 31.2 Å². The minimum absolute atomic E-state index is 0.0988. The lowest BCUT2D eigenvalue weighted by Crippen LogP contribution is -2.33. The molecule has 7 nitrogen and oxygen atoms in total. The second-order valence-corrected chi connectivity index (χ2v) is 8.03. The smallest absolute Gasteiger partial charge is 0.295 e. The maximum absolute atomic E-state index is 13.1. The molecule has 1 unspecified atom stereocenters. The van der Waals surface area contributed by atoms with Gasteiger partial charge in [0.2, 0.25) is 0 Å². The van der Waals surface area contributed by atoms with Gasteiger partial charge in [-0.3, -0.25) is 14.6 Å². The van der Waals surface area contributed by atoms with E-state index in [4.69, 9.17) is 4.74 Å². The van der Waals surface area contributed by atoms with Gasteiger partial charge in [0.25, 0.3) is 11.7 Å². The number of benzene rings is 1. The van der Waals surface area contributed by atoms with Gasteiger partial charge in [-0.15, -0.1) is 0 Å². The summed E-state index contributed by atoms with van der Waals surface area (Å²) in [5.41, 5.74) is 1.29. The molecule has 2 aromatic rings. The third-order valence-electron chi connectivity index (χ3n) is 5.91. The van der Waals surface area contributed by atoms with E-state index < -0.39 is 17.7 Å². The van der Waals surface area contributed by atoms with Gasteiger partial charge >= 0.3 is 0 Å². The van der Waals surface area contributed by atoms with Gasteiger partial charge in [-0.1, -0.05) is 32.9 Å². The summed E-state index contributed by atoms with van der Waals surface area (Å²) in [5.74, 6) is -0.772. The Morgan fingerprint density at radius 1 is 1.12 bits per heavy atom. The molecule has 1 N–H and O–H groups in total. The van der Waals surface area contributed by atoms with Gasteiger partial charge < -0.3 is 19.6 Å². The van der Waals surface area contributed by atoms with Crippen LogP contribution in [0.5, 0.6) is 5.75 Å². The Bertz CT molecular complexity index is 986. The van der Waals surface area contributed by atoms with Crippen LogP contribution in [0.3, 0.4) is 0 Å². The molecule has 1 aromatic heterocycles. The molecule has 7 heteroatoms. The number of ether oxygens (including phenoxy) is 1. The largest absolute Gasteiger partial charge is 0.507 e. The summed E-state index contributed by atoms with van der Waals surface area (Å²) >= 11 is 0. The zero-order valence-corrected chi connectivity index (χ0v) is 19.7. The number of amides is 1. The van der Waals surface area contributed by atoms with Crippen LogP contribution in [-0.4, -0.2) is 64.4 Å². The standard InChI is InChI=1S/C26H33N3O4/c1-4-17-33-21-10-7-9-20(18-21)23-22(24(30)19-11-13-27-14-12-19)25(31)26(32)29(23)16-8-15-28(5-2)6-3/h7,9-14,18,23,30H,4-6,8,15-17H2,1-3H3/b24-22+. The number of hydrogen-bond acceptors (Lipinski definition) is 6. The zero-order valence-electron chi connectivity index (χ0n) is 19.7. The predicted molar refractivity (Wildman–Crippen MR) is 128 cm³/mol. The maximum atomic E-state index is 13.1. The molecule has 1 aliphatic heterocycles. The molecule has 2 heterocycles. The van der Waals surface area contributed by atoms with E-state index in [1.54, 1.807) is 29.4 Å². The second kappa shape index (κ2) is 11.6. The van der Waals surface area contributed by atoms with Crippen LogP contribution in [0.15, 0.2) is 54.4 Å². The summed E-state index contributed by atoms with van der Waals surface area (Å²) in [7, 11) is 0. The highest BCUT2D eigenvalue weighted by Crippen LogP contribution is 2.40. The highest BCUT2D eigenvalue weighted by molar-refractivity contribution is 6.46. The van der Waals surface area contributed by atoms with Crippen molar-refractivity contribution in [3.8, 4) is 5.75 Å². The Kier molecular flexibility index (Phi) is 8.60. The monoisotopic (exact) mass is 451 g/mol. The van der Waals surface area contributed by atoms with Crippen LogP contribution >= 0.6 is 0 Å². The number of nitrogens with zero attached hydrogens (tertiary/aromatic N) is 3. The van der Waals surface area contributed by atoms with Gasteiger partial charge in [-0.2, -0.15) is 0 Å². The predicted octanol–water partition coefficient (Wildman–Crippen LogP) is 4.02. The number of carbonyl (C=O) groups is 2. The molecule has 0 bridgehead atoms. The summed E-state index contributed by atoms with van der Waals surface area (Å²) in [6.07, 6.45) is 4.69. The van der Waals surface area contributed by atoms with Gasteiger partial charge in [0.05, 0.1) is 18.2 Å². The lowest BCUT2D eigenvalue weighted by atomic mass is 9.95. The van der Waals surface area contributed by atoms with Crippen LogP contribution in [0.25, 0.3) is 5.76 Å². The molecule has 0 saturated carbocycles. The fourth-order valence-corrected chi connectivity index (χ4v) is 4.12. The van der Waals surface area contributed by atoms with E-state index in [9.17, 15) is 14.7 Å². The van der Waals surface area contributed by atoms with E-state index in [0.29, 0.717) is 24.5 Å². The van der Waals surface area contributed by atoms with Crippen molar-refractivity contribution in [2.75, 3.05) is 32.8 Å². The molecule has 0 radical (unpaired) electrons. The van der Waals surface area contributed by atoms with Crippen molar-refractivity contribution in [3.05, 3.63) is 65.5 Å². The van der Waals surface area contributed by atoms with Crippen LogP contribution in [0.4, 0.5) is 0 Å². The normalized spacial score (nSPS) is 17.7. The molecule has 1 fully saturated rings. The molecule has 33 heavy (non-hydrogen) atoms. The van der Waals surface area contributed by atoms with Crippen molar-refractivity contribution >= 4 is 17.4 Å². The van der Waals surface area contributed by atoms with Gasteiger partial charge in [0, 0.05) is 24.5 Å². The highest BCUT2D eigenvalue weighted by Gasteiger charge is 2.45. The molecule has 1 aromatic carbocycles. The summed E-state index contributed by atoms with van der Waals surface area (Å²) in [4.78, 5) is 34.0. The van der Waals surface area contributed by atoms with Crippen molar-refractivity contribution in [1.82, 2.24) is 14.8 Å². The van der Waals surface area contributed by atoms with Crippen LogP contribution in [-0.2, 0) is 9.59 Å². The van der Waals surface area contributed by atoms with Crippen molar-refractivity contribution in [2.24, 2.45) is 0 Å². The average molecular weight is 452 g/mol. The molecule has 176 valence electrons. The Balaban J connectivity index is 2.01. The Morgan fingerprint density at radius 3 is 2.52 bits per heavy atom. The number of hydrogen-bond donors (Lipinski definition) is 1. The van der Waals surface area contributed by atoms with Crippen molar-refractivity contribution in [1.29, 1.82) is 0 Å². The fraction of sp³-hybridized carbons (Fsp3) is 0.423. The molecule has 1 atom stereocenters.